The van der Waals surface area contributed by atoms with Gasteiger partial charge in [0.2, 0.25) is 0 Å². The van der Waals surface area contributed by atoms with Gasteiger partial charge in [0.1, 0.15) is 0 Å². The Bertz CT molecular complexity index is 398. The van der Waals surface area contributed by atoms with E-state index in [0.29, 0.717) is 6.54 Å². The molecule has 1 rings (SSSR count). The average molecular weight is 309 g/mol. The number of thioether (sulfide) groups is 1. The van der Waals surface area contributed by atoms with Crippen LogP contribution in [-0.4, -0.2) is 45.2 Å². The number of benzene rings is 1. The highest BCUT2D eigenvalue weighted by Gasteiger charge is 2.10. The average Bonchev–Trinajstić information content (AvgIpc) is 2.54. The SMILES string of the molecule is CN=C(NCCCCSC)NCC(OC)c1ccccc1. The highest BCUT2D eigenvalue weighted by atomic mass is 32.2. The number of aliphatic imine (C=N–C) groups is 1. The summed E-state index contributed by atoms with van der Waals surface area (Å²) in [4.78, 5) is 4.24. The maximum atomic E-state index is 5.54. The van der Waals surface area contributed by atoms with Crippen molar-refractivity contribution in [3.63, 3.8) is 0 Å². The number of ether oxygens (including phenoxy) is 1. The number of guanidine groups is 1. The maximum absolute atomic E-state index is 5.54. The summed E-state index contributed by atoms with van der Waals surface area (Å²) >= 11 is 1.89. The van der Waals surface area contributed by atoms with E-state index in [9.17, 15) is 0 Å². The molecule has 0 aromatic heterocycles. The third kappa shape index (κ3) is 7.39. The van der Waals surface area contributed by atoms with Crippen molar-refractivity contribution in [2.45, 2.75) is 18.9 Å². The molecule has 0 saturated heterocycles. The number of hydrogen-bond donors (Lipinski definition) is 2. The van der Waals surface area contributed by atoms with Crippen LogP contribution in [0, 0.1) is 0 Å². The van der Waals surface area contributed by atoms with Crippen LogP contribution in [0.1, 0.15) is 24.5 Å². The Hall–Kier alpha value is -1.20. The number of methoxy groups -OCH3 is 1. The molecule has 4 nitrogen and oxygen atoms in total. The predicted molar refractivity (Wildman–Crippen MR) is 93.2 cm³/mol. The molecular formula is C16H27N3OS. The van der Waals surface area contributed by atoms with Crippen molar-refractivity contribution in [3.8, 4) is 0 Å². The van der Waals surface area contributed by atoms with Gasteiger partial charge in [-0.25, -0.2) is 0 Å². The summed E-state index contributed by atoms with van der Waals surface area (Å²) in [6.45, 7) is 1.65. The van der Waals surface area contributed by atoms with Gasteiger partial charge >= 0.3 is 0 Å². The van der Waals surface area contributed by atoms with E-state index in [-0.39, 0.29) is 6.10 Å². The summed E-state index contributed by atoms with van der Waals surface area (Å²) in [7, 11) is 3.53. The molecule has 1 unspecified atom stereocenters. The van der Waals surface area contributed by atoms with Gasteiger partial charge in [-0.05, 0) is 30.4 Å². The lowest BCUT2D eigenvalue weighted by atomic mass is 10.1. The fourth-order valence-corrected chi connectivity index (χ4v) is 2.49. The lowest BCUT2D eigenvalue weighted by Crippen LogP contribution is -2.40. The molecule has 2 N–H and O–H groups in total. The minimum Gasteiger partial charge on any atom is -0.375 e. The zero-order valence-electron chi connectivity index (χ0n) is 13.3. The molecular weight excluding hydrogens is 282 g/mol. The summed E-state index contributed by atoms with van der Waals surface area (Å²) in [5, 5.41) is 6.65. The lowest BCUT2D eigenvalue weighted by Gasteiger charge is -2.18. The zero-order chi connectivity index (χ0) is 15.3. The fraction of sp³-hybridized carbons (Fsp3) is 0.562. The van der Waals surface area contributed by atoms with Gasteiger partial charge in [-0.2, -0.15) is 11.8 Å². The summed E-state index contributed by atoms with van der Waals surface area (Å²) < 4.78 is 5.54. The first kappa shape index (κ1) is 17.9. The van der Waals surface area contributed by atoms with Gasteiger partial charge in [-0.15, -0.1) is 0 Å². The molecule has 0 aliphatic heterocycles. The lowest BCUT2D eigenvalue weighted by molar-refractivity contribution is 0.106. The third-order valence-electron chi connectivity index (χ3n) is 3.20. The smallest absolute Gasteiger partial charge is 0.191 e. The molecule has 0 aliphatic carbocycles. The van der Waals surface area contributed by atoms with Crippen molar-refractivity contribution in [2.24, 2.45) is 4.99 Å². The molecule has 0 heterocycles. The molecule has 0 aliphatic rings. The van der Waals surface area contributed by atoms with Crippen LogP contribution in [0.3, 0.4) is 0 Å². The van der Waals surface area contributed by atoms with Gasteiger partial charge in [0.25, 0.3) is 0 Å². The first-order valence-corrected chi connectivity index (χ1v) is 8.72. The van der Waals surface area contributed by atoms with E-state index >= 15 is 0 Å². The number of hydrogen-bond acceptors (Lipinski definition) is 3. The minimum atomic E-state index is 0.0289. The van der Waals surface area contributed by atoms with Crippen LogP contribution in [0.5, 0.6) is 0 Å². The number of unbranched alkanes of at least 4 members (excludes halogenated alkanes) is 1. The number of nitrogens with one attached hydrogen (secondary N) is 2. The largest absolute Gasteiger partial charge is 0.375 e. The van der Waals surface area contributed by atoms with E-state index in [2.05, 4.69) is 34.0 Å². The fourth-order valence-electron chi connectivity index (χ4n) is 1.99. The first-order valence-electron chi connectivity index (χ1n) is 7.33. The molecule has 1 atom stereocenters. The van der Waals surface area contributed by atoms with Crippen molar-refractivity contribution in [2.75, 3.05) is 39.3 Å². The number of nitrogens with zero attached hydrogens (tertiary/aromatic N) is 1. The van der Waals surface area contributed by atoms with Crippen molar-refractivity contribution >= 4 is 17.7 Å². The van der Waals surface area contributed by atoms with Crippen LogP contribution in [0.25, 0.3) is 0 Å². The number of rotatable bonds is 9. The quantitative estimate of drug-likeness (QED) is 0.418. The predicted octanol–water partition coefficient (Wildman–Crippen LogP) is 2.68. The molecule has 118 valence electrons. The molecule has 0 amide bonds. The summed E-state index contributed by atoms with van der Waals surface area (Å²) in [5.41, 5.74) is 1.17. The molecule has 0 bridgehead atoms. The topological polar surface area (TPSA) is 45.7 Å². The highest BCUT2D eigenvalue weighted by molar-refractivity contribution is 7.98. The van der Waals surface area contributed by atoms with Gasteiger partial charge in [-0.3, -0.25) is 4.99 Å². The van der Waals surface area contributed by atoms with E-state index in [1.807, 2.05) is 30.0 Å². The first-order chi connectivity index (χ1) is 10.3. The van der Waals surface area contributed by atoms with E-state index in [0.717, 1.165) is 18.9 Å². The van der Waals surface area contributed by atoms with Crippen LogP contribution in [-0.2, 0) is 4.74 Å². The summed E-state index contributed by atoms with van der Waals surface area (Å²) in [5.74, 6) is 2.05. The Kier molecular flexibility index (Phi) is 9.74. The Morgan fingerprint density at radius 3 is 2.62 bits per heavy atom. The molecule has 5 heteroatoms. The van der Waals surface area contributed by atoms with E-state index in [1.54, 1.807) is 14.2 Å². The van der Waals surface area contributed by atoms with Crippen molar-refractivity contribution in [3.05, 3.63) is 35.9 Å². The van der Waals surface area contributed by atoms with Gasteiger partial charge < -0.3 is 15.4 Å². The zero-order valence-corrected chi connectivity index (χ0v) is 14.1. The second-order valence-corrected chi connectivity index (χ2v) is 5.70. The van der Waals surface area contributed by atoms with Crippen molar-refractivity contribution in [1.29, 1.82) is 0 Å². The molecule has 0 saturated carbocycles. The van der Waals surface area contributed by atoms with Crippen LogP contribution < -0.4 is 10.6 Å². The van der Waals surface area contributed by atoms with Crippen molar-refractivity contribution < 1.29 is 4.74 Å². The molecule has 0 fully saturated rings. The Morgan fingerprint density at radius 1 is 1.24 bits per heavy atom. The van der Waals surface area contributed by atoms with Gasteiger partial charge in [0.15, 0.2) is 5.96 Å². The third-order valence-corrected chi connectivity index (χ3v) is 3.90. The van der Waals surface area contributed by atoms with E-state index in [1.165, 1.54) is 17.7 Å². The molecule has 1 aromatic rings. The maximum Gasteiger partial charge on any atom is 0.191 e. The Morgan fingerprint density at radius 2 is 2.00 bits per heavy atom. The highest BCUT2D eigenvalue weighted by Crippen LogP contribution is 2.14. The molecule has 1 aromatic carbocycles. The molecule has 21 heavy (non-hydrogen) atoms. The standard InChI is InChI=1S/C16H27N3OS/c1-17-16(18-11-7-8-12-21-3)19-13-15(20-2)14-9-5-4-6-10-14/h4-6,9-10,15H,7-8,11-13H2,1-3H3,(H2,17,18,19). The van der Waals surface area contributed by atoms with E-state index in [4.69, 9.17) is 4.74 Å². The van der Waals surface area contributed by atoms with Gasteiger partial charge in [0, 0.05) is 27.2 Å². The van der Waals surface area contributed by atoms with Crippen molar-refractivity contribution in [1.82, 2.24) is 10.6 Å². The van der Waals surface area contributed by atoms with Gasteiger partial charge in [0.05, 0.1) is 6.10 Å². The summed E-state index contributed by atoms with van der Waals surface area (Å²) in [6, 6.07) is 10.2. The van der Waals surface area contributed by atoms with Crippen LogP contribution >= 0.6 is 11.8 Å². The molecule has 0 spiro atoms. The second kappa shape index (κ2) is 11.5. The van der Waals surface area contributed by atoms with Crippen LogP contribution in [0.2, 0.25) is 0 Å². The van der Waals surface area contributed by atoms with Crippen LogP contribution in [0.15, 0.2) is 35.3 Å². The van der Waals surface area contributed by atoms with Gasteiger partial charge in [-0.1, -0.05) is 30.3 Å². The summed E-state index contributed by atoms with van der Waals surface area (Å²) in [6.07, 6.45) is 4.56. The van der Waals surface area contributed by atoms with Crippen LogP contribution in [0.4, 0.5) is 0 Å². The second-order valence-electron chi connectivity index (χ2n) is 4.71. The normalized spacial score (nSPS) is 13.0. The Balaban J connectivity index is 2.33. The molecule has 0 radical (unpaired) electrons. The minimum absolute atomic E-state index is 0.0289. The van der Waals surface area contributed by atoms with E-state index < -0.39 is 0 Å². The monoisotopic (exact) mass is 309 g/mol. The Labute approximate surface area is 132 Å².